The molecule has 1 aliphatic heterocycles. The van der Waals surface area contributed by atoms with Gasteiger partial charge in [0.05, 0.1) is 46.2 Å². The molecular formula is C23H25F3N4O7S. The molecular weight excluding hydrogens is 533 g/mol. The van der Waals surface area contributed by atoms with Crippen molar-refractivity contribution in [2.45, 2.75) is 49.5 Å². The number of halogens is 3. The van der Waals surface area contributed by atoms with Crippen LogP contribution in [0.15, 0.2) is 46.5 Å². The normalized spacial score (nSPS) is 14.5. The van der Waals surface area contributed by atoms with Gasteiger partial charge in [0.25, 0.3) is 5.09 Å². The lowest BCUT2D eigenvalue weighted by Gasteiger charge is -2.21. The molecule has 0 saturated carbocycles. The fourth-order valence-electron chi connectivity index (χ4n) is 3.49. The number of hydrogen-bond acceptors (Lipinski definition) is 10. The van der Waals surface area contributed by atoms with Crippen LogP contribution in [-0.4, -0.2) is 51.2 Å². The van der Waals surface area contributed by atoms with E-state index in [0.29, 0.717) is 36.4 Å². The quantitative estimate of drug-likeness (QED) is 0.149. The number of nitrogens with zero attached hydrogens (tertiary/aromatic N) is 4. The minimum atomic E-state index is -4.54. The summed E-state index contributed by atoms with van der Waals surface area (Å²) in [7, 11) is -2.15. The Morgan fingerprint density at radius 1 is 1.08 bits per heavy atom. The number of rotatable bonds is 14. The summed E-state index contributed by atoms with van der Waals surface area (Å²) in [5.41, 5.74) is 0.402. The van der Waals surface area contributed by atoms with Crippen LogP contribution in [-0.2, 0) is 30.9 Å². The highest BCUT2D eigenvalue weighted by Gasteiger charge is 2.48. The number of fused-ring (bicyclic) bond motifs is 1. The van der Waals surface area contributed by atoms with Crippen molar-refractivity contribution in [3.63, 3.8) is 0 Å². The molecule has 0 fully saturated rings. The van der Waals surface area contributed by atoms with Crippen molar-refractivity contribution in [1.82, 2.24) is 4.98 Å². The number of carbonyl (C=O) groups is 1. The average molecular weight is 559 g/mol. The van der Waals surface area contributed by atoms with E-state index in [1.165, 1.54) is 19.2 Å². The van der Waals surface area contributed by atoms with Gasteiger partial charge in [-0.1, -0.05) is 18.6 Å². The van der Waals surface area contributed by atoms with E-state index in [0.717, 1.165) is 0 Å². The first-order valence-corrected chi connectivity index (χ1v) is 12.9. The second-order valence-electron chi connectivity index (χ2n) is 8.20. The number of pyridine rings is 1. The van der Waals surface area contributed by atoms with Crippen LogP contribution >= 0.6 is 0 Å². The van der Waals surface area contributed by atoms with E-state index < -0.39 is 39.6 Å². The van der Waals surface area contributed by atoms with Crippen LogP contribution in [0.2, 0.25) is 0 Å². The van der Waals surface area contributed by atoms with E-state index in [1.54, 1.807) is 24.3 Å². The number of benzene rings is 1. The second-order valence-corrected chi connectivity index (χ2v) is 9.75. The maximum Gasteiger partial charge on any atom is 0.422 e. The summed E-state index contributed by atoms with van der Waals surface area (Å²) in [5.74, 6) is -1.36. The van der Waals surface area contributed by atoms with E-state index in [2.05, 4.69) is 19.8 Å². The Kier molecular flexibility index (Phi) is 9.72. The molecule has 0 aliphatic carbocycles. The van der Waals surface area contributed by atoms with Crippen molar-refractivity contribution in [2.75, 3.05) is 19.8 Å². The molecule has 1 unspecified atom stereocenters. The smallest absolute Gasteiger partial charge is 0.422 e. The number of hydrogen-bond donors (Lipinski definition) is 0. The summed E-state index contributed by atoms with van der Waals surface area (Å²) < 4.78 is 61.6. The fraction of sp³-hybridized carbons (Fsp3) is 0.478. The van der Waals surface area contributed by atoms with Gasteiger partial charge in [-0.3, -0.25) is 9.19 Å². The average Bonchev–Trinajstić information content (AvgIpc) is 3.26. The van der Waals surface area contributed by atoms with Gasteiger partial charge in [-0.15, -0.1) is 10.1 Å². The SMILES string of the molecule is Cc1c(OCC(F)(F)F)ccnc1CS(=O)C1(C(=O)OCCCCCCO[N+](=O)[O-])N=c2ccccc2=N1. The Hall–Kier alpha value is -3.62. The molecule has 0 bridgehead atoms. The van der Waals surface area contributed by atoms with E-state index in [9.17, 15) is 32.3 Å². The van der Waals surface area contributed by atoms with Gasteiger partial charge in [0.15, 0.2) is 6.61 Å². The number of unbranched alkanes of at least 4 members (excludes halogenated alkanes) is 3. The van der Waals surface area contributed by atoms with Crippen molar-refractivity contribution in [3.05, 3.63) is 68.6 Å². The third-order valence-corrected chi connectivity index (χ3v) is 6.92. The predicted molar refractivity (Wildman–Crippen MR) is 126 cm³/mol. The number of aromatic nitrogens is 1. The number of carbonyl (C=O) groups excluding carboxylic acids is 1. The number of alkyl halides is 3. The van der Waals surface area contributed by atoms with Crippen LogP contribution in [0.5, 0.6) is 5.75 Å². The first-order chi connectivity index (χ1) is 18.0. The Bertz CT molecular complexity index is 1270. The zero-order valence-corrected chi connectivity index (χ0v) is 21.1. The van der Waals surface area contributed by atoms with Crippen LogP contribution in [0, 0.1) is 17.0 Å². The van der Waals surface area contributed by atoms with Crippen LogP contribution in [0.3, 0.4) is 0 Å². The lowest BCUT2D eigenvalue weighted by atomic mass is 10.2. The lowest BCUT2D eigenvalue weighted by molar-refractivity contribution is -0.757. The maximum atomic E-state index is 13.6. The molecule has 38 heavy (non-hydrogen) atoms. The minimum Gasteiger partial charge on any atom is -0.484 e. The van der Waals surface area contributed by atoms with E-state index >= 15 is 0 Å². The van der Waals surface area contributed by atoms with Crippen molar-refractivity contribution in [2.24, 2.45) is 9.98 Å². The first kappa shape index (κ1) is 28.9. The summed E-state index contributed by atoms with van der Waals surface area (Å²) in [5, 5.41) is 9.97. The number of para-hydroxylation sites is 2. The molecule has 0 N–H and O–H groups in total. The predicted octanol–water partition coefficient (Wildman–Crippen LogP) is 2.50. The molecule has 0 spiro atoms. The Morgan fingerprint density at radius 2 is 1.71 bits per heavy atom. The Balaban J connectivity index is 1.71. The van der Waals surface area contributed by atoms with Gasteiger partial charge >= 0.3 is 17.1 Å². The summed E-state index contributed by atoms with van der Waals surface area (Å²) in [6.07, 6.45) is -1.19. The van der Waals surface area contributed by atoms with E-state index in [-0.39, 0.29) is 36.0 Å². The topological polar surface area (TPSA) is 143 Å². The molecule has 0 saturated heterocycles. The highest BCUT2D eigenvalue weighted by Crippen LogP contribution is 2.28. The highest BCUT2D eigenvalue weighted by atomic mass is 32.2. The molecule has 2 aromatic rings. The fourth-order valence-corrected chi connectivity index (χ4v) is 4.88. The number of ether oxygens (including phenoxy) is 2. The van der Waals surface area contributed by atoms with Crippen LogP contribution < -0.4 is 15.5 Å². The number of esters is 1. The summed E-state index contributed by atoms with van der Waals surface area (Å²) in [4.78, 5) is 38.2. The van der Waals surface area contributed by atoms with E-state index in [1.807, 2.05) is 0 Å². The van der Waals surface area contributed by atoms with Crippen LogP contribution in [0.4, 0.5) is 13.2 Å². The van der Waals surface area contributed by atoms with Crippen molar-refractivity contribution in [1.29, 1.82) is 0 Å². The minimum absolute atomic E-state index is 0.0205. The molecule has 206 valence electrons. The monoisotopic (exact) mass is 558 g/mol. The molecule has 0 radical (unpaired) electrons. The molecule has 2 heterocycles. The Morgan fingerprint density at radius 3 is 2.32 bits per heavy atom. The third-order valence-electron chi connectivity index (χ3n) is 5.40. The molecule has 15 heteroatoms. The lowest BCUT2D eigenvalue weighted by Crippen LogP contribution is -2.41. The largest absolute Gasteiger partial charge is 0.484 e. The van der Waals surface area contributed by atoms with Crippen molar-refractivity contribution in [3.8, 4) is 5.75 Å². The van der Waals surface area contributed by atoms with Gasteiger partial charge in [-0.05, 0) is 44.4 Å². The Labute approximate surface area is 217 Å². The van der Waals surface area contributed by atoms with Crippen molar-refractivity contribution < 1.29 is 41.6 Å². The zero-order valence-electron chi connectivity index (χ0n) is 20.3. The van der Waals surface area contributed by atoms with Gasteiger partial charge in [-0.2, -0.15) is 13.2 Å². The zero-order chi connectivity index (χ0) is 27.8. The molecule has 1 aliphatic rings. The first-order valence-electron chi connectivity index (χ1n) is 11.5. The summed E-state index contributed by atoms with van der Waals surface area (Å²) in [6.45, 7) is -0.0713. The molecule has 11 nitrogen and oxygen atoms in total. The van der Waals surface area contributed by atoms with Gasteiger partial charge in [0, 0.05) is 11.8 Å². The van der Waals surface area contributed by atoms with Crippen LogP contribution in [0.1, 0.15) is 36.9 Å². The highest BCUT2D eigenvalue weighted by molar-refractivity contribution is 7.86. The third kappa shape index (κ3) is 7.69. The second kappa shape index (κ2) is 12.8. The van der Waals surface area contributed by atoms with Gasteiger partial charge < -0.3 is 14.3 Å². The summed E-state index contributed by atoms with van der Waals surface area (Å²) in [6, 6.07) is 7.83. The van der Waals surface area contributed by atoms with Gasteiger partial charge in [0.2, 0.25) is 0 Å². The molecule has 1 aromatic carbocycles. The summed E-state index contributed by atoms with van der Waals surface area (Å²) >= 11 is 0. The van der Waals surface area contributed by atoms with Gasteiger partial charge in [-0.25, -0.2) is 14.8 Å². The molecule has 3 rings (SSSR count). The standard InChI is InChI=1S/C23H25F3N4O7S/c1-16-19(27-11-10-20(16)36-15-22(24,25)26)14-38(34)23(28-17-8-4-5-9-18(17)29-23)21(31)35-12-6-2-3-7-13-37-30(32)33/h4-5,8-11H,2-3,6-7,12-15H2,1H3. The molecule has 1 atom stereocenters. The maximum absolute atomic E-state index is 13.6. The molecule has 1 aromatic heterocycles. The van der Waals surface area contributed by atoms with E-state index in [4.69, 9.17) is 9.47 Å². The molecule has 0 amide bonds. The van der Waals surface area contributed by atoms with Crippen LogP contribution in [0.25, 0.3) is 0 Å². The van der Waals surface area contributed by atoms with Gasteiger partial charge in [0.1, 0.15) is 5.75 Å². The van der Waals surface area contributed by atoms with Crippen molar-refractivity contribution >= 4 is 16.8 Å².